The molecule has 0 amide bonds. The lowest BCUT2D eigenvalue weighted by Crippen LogP contribution is -2.61. The Kier molecular flexibility index (Phi) is 3.30. The molecule has 1 unspecified atom stereocenters. The van der Waals surface area contributed by atoms with Crippen molar-refractivity contribution in [2.45, 2.75) is 30.8 Å². The topological polar surface area (TPSA) is 44.8 Å². The van der Waals surface area contributed by atoms with Crippen molar-refractivity contribution in [3.05, 3.63) is 0 Å². The van der Waals surface area contributed by atoms with E-state index < -0.39 is 0 Å². The Bertz CT molecular complexity index is 326. The smallest absolute Gasteiger partial charge is 0.327 e. The number of rotatable bonds is 3. The number of ether oxygens (including phenoxy) is 1. The van der Waals surface area contributed by atoms with Crippen LogP contribution in [0.4, 0.5) is 0 Å². The number of hydrogen-bond donors (Lipinski definition) is 1. The van der Waals surface area contributed by atoms with Crippen molar-refractivity contribution in [1.29, 1.82) is 0 Å². The van der Waals surface area contributed by atoms with Gasteiger partial charge in [0.15, 0.2) is 0 Å². The van der Waals surface area contributed by atoms with Crippen molar-refractivity contribution in [3.8, 4) is 0 Å². The highest BCUT2D eigenvalue weighted by molar-refractivity contribution is 5.81. The van der Waals surface area contributed by atoms with Gasteiger partial charge in [0.1, 0.15) is 5.54 Å². The van der Waals surface area contributed by atoms with Crippen molar-refractivity contribution in [2.75, 3.05) is 46.4 Å². The molecular formula is C13H23N3O2. The van der Waals surface area contributed by atoms with Crippen LogP contribution in [-0.2, 0) is 9.53 Å². The van der Waals surface area contributed by atoms with Gasteiger partial charge in [-0.2, -0.15) is 0 Å². The average molecular weight is 253 g/mol. The standard InChI is InChI=1S/C13H23N3O2/c1-18-12(17)13(16-8-5-14-6-9-16)4-7-15(10-13)11-2-3-11/h11,14H,2-10H2,1H3. The summed E-state index contributed by atoms with van der Waals surface area (Å²) in [7, 11) is 1.52. The van der Waals surface area contributed by atoms with E-state index in [0.29, 0.717) is 0 Å². The van der Waals surface area contributed by atoms with Crippen molar-refractivity contribution in [1.82, 2.24) is 15.1 Å². The zero-order valence-electron chi connectivity index (χ0n) is 11.2. The molecule has 3 fully saturated rings. The van der Waals surface area contributed by atoms with E-state index in [9.17, 15) is 4.79 Å². The van der Waals surface area contributed by atoms with E-state index in [0.717, 1.165) is 51.7 Å². The third kappa shape index (κ3) is 2.04. The second-order valence-corrected chi connectivity index (χ2v) is 5.71. The molecule has 5 heteroatoms. The second-order valence-electron chi connectivity index (χ2n) is 5.71. The van der Waals surface area contributed by atoms with Gasteiger partial charge < -0.3 is 10.1 Å². The maximum absolute atomic E-state index is 12.3. The van der Waals surface area contributed by atoms with E-state index in [1.165, 1.54) is 20.0 Å². The number of esters is 1. The largest absolute Gasteiger partial charge is 0.468 e. The summed E-state index contributed by atoms with van der Waals surface area (Å²) in [4.78, 5) is 17.1. The van der Waals surface area contributed by atoms with E-state index >= 15 is 0 Å². The first kappa shape index (κ1) is 12.4. The minimum absolute atomic E-state index is 0.0347. The molecule has 0 aromatic carbocycles. The van der Waals surface area contributed by atoms with Crippen LogP contribution in [0.3, 0.4) is 0 Å². The summed E-state index contributed by atoms with van der Waals surface area (Å²) in [6.45, 7) is 5.76. The summed E-state index contributed by atoms with van der Waals surface area (Å²) in [6, 6.07) is 0.736. The van der Waals surface area contributed by atoms with Crippen LogP contribution in [0.25, 0.3) is 0 Å². The van der Waals surface area contributed by atoms with E-state index in [1.54, 1.807) is 0 Å². The van der Waals surface area contributed by atoms with E-state index in [2.05, 4.69) is 15.1 Å². The Hall–Kier alpha value is -0.650. The monoisotopic (exact) mass is 253 g/mol. The van der Waals surface area contributed by atoms with E-state index in [1.807, 2.05) is 0 Å². The van der Waals surface area contributed by atoms with Gasteiger partial charge in [0.25, 0.3) is 0 Å². The molecule has 5 nitrogen and oxygen atoms in total. The molecule has 0 aromatic rings. The number of methoxy groups -OCH3 is 1. The van der Waals surface area contributed by atoms with Crippen LogP contribution in [0.2, 0.25) is 0 Å². The minimum Gasteiger partial charge on any atom is -0.468 e. The van der Waals surface area contributed by atoms with Crippen LogP contribution in [0.15, 0.2) is 0 Å². The fourth-order valence-electron chi connectivity index (χ4n) is 3.41. The SMILES string of the molecule is COC(=O)C1(N2CCNCC2)CCN(C2CC2)C1. The molecule has 2 heterocycles. The van der Waals surface area contributed by atoms with Gasteiger partial charge in [-0.1, -0.05) is 0 Å². The lowest BCUT2D eigenvalue weighted by Gasteiger charge is -2.41. The molecule has 0 aromatic heterocycles. The highest BCUT2D eigenvalue weighted by atomic mass is 16.5. The molecule has 3 rings (SSSR count). The number of carbonyl (C=O) groups excluding carboxylic acids is 1. The molecule has 0 bridgehead atoms. The van der Waals surface area contributed by atoms with Crippen molar-refractivity contribution in [3.63, 3.8) is 0 Å². The Morgan fingerprint density at radius 1 is 1.28 bits per heavy atom. The highest BCUT2D eigenvalue weighted by Gasteiger charge is 2.52. The Balaban J connectivity index is 1.77. The molecule has 0 spiro atoms. The molecule has 1 N–H and O–H groups in total. The van der Waals surface area contributed by atoms with Crippen LogP contribution < -0.4 is 5.32 Å². The first-order chi connectivity index (χ1) is 8.76. The molecular weight excluding hydrogens is 230 g/mol. The van der Waals surface area contributed by atoms with E-state index in [-0.39, 0.29) is 11.5 Å². The highest BCUT2D eigenvalue weighted by Crippen LogP contribution is 2.37. The quantitative estimate of drug-likeness (QED) is 0.698. The van der Waals surface area contributed by atoms with Crippen LogP contribution in [0, 0.1) is 0 Å². The zero-order valence-corrected chi connectivity index (χ0v) is 11.2. The molecule has 1 saturated carbocycles. The average Bonchev–Trinajstić information content (AvgIpc) is 3.18. The van der Waals surface area contributed by atoms with Crippen molar-refractivity contribution < 1.29 is 9.53 Å². The number of hydrogen-bond acceptors (Lipinski definition) is 5. The molecule has 1 atom stereocenters. The maximum Gasteiger partial charge on any atom is 0.327 e. The Labute approximate surface area is 108 Å². The maximum atomic E-state index is 12.3. The third-order valence-electron chi connectivity index (χ3n) is 4.63. The summed E-state index contributed by atoms with van der Waals surface area (Å²) < 4.78 is 5.11. The Morgan fingerprint density at radius 2 is 2.00 bits per heavy atom. The van der Waals surface area contributed by atoms with Gasteiger partial charge in [0.2, 0.25) is 0 Å². The first-order valence-electron chi connectivity index (χ1n) is 7.04. The lowest BCUT2D eigenvalue weighted by molar-refractivity contribution is -0.155. The summed E-state index contributed by atoms with van der Waals surface area (Å²) in [5.41, 5.74) is -0.376. The Morgan fingerprint density at radius 3 is 2.61 bits per heavy atom. The van der Waals surface area contributed by atoms with Crippen LogP contribution in [-0.4, -0.2) is 73.7 Å². The summed E-state index contributed by atoms with van der Waals surface area (Å²) >= 11 is 0. The minimum atomic E-state index is -0.376. The van der Waals surface area contributed by atoms with Crippen LogP contribution >= 0.6 is 0 Å². The van der Waals surface area contributed by atoms with Gasteiger partial charge in [0, 0.05) is 45.3 Å². The van der Waals surface area contributed by atoms with Crippen LogP contribution in [0.5, 0.6) is 0 Å². The van der Waals surface area contributed by atoms with E-state index in [4.69, 9.17) is 4.74 Å². The fourth-order valence-corrected chi connectivity index (χ4v) is 3.41. The lowest BCUT2D eigenvalue weighted by atomic mass is 9.95. The predicted molar refractivity (Wildman–Crippen MR) is 68.4 cm³/mol. The van der Waals surface area contributed by atoms with Gasteiger partial charge >= 0.3 is 5.97 Å². The predicted octanol–water partition coefficient (Wildman–Crippen LogP) is -0.328. The summed E-state index contributed by atoms with van der Waals surface area (Å²) in [5.74, 6) is -0.0347. The molecule has 2 aliphatic heterocycles. The molecule has 102 valence electrons. The van der Waals surface area contributed by atoms with Crippen molar-refractivity contribution >= 4 is 5.97 Å². The second kappa shape index (κ2) is 4.79. The fraction of sp³-hybridized carbons (Fsp3) is 0.923. The molecule has 2 saturated heterocycles. The zero-order chi connectivity index (χ0) is 12.6. The first-order valence-corrected chi connectivity index (χ1v) is 7.04. The van der Waals surface area contributed by atoms with Gasteiger partial charge in [-0.3, -0.25) is 9.80 Å². The third-order valence-corrected chi connectivity index (χ3v) is 4.63. The van der Waals surface area contributed by atoms with Gasteiger partial charge in [-0.15, -0.1) is 0 Å². The summed E-state index contributed by atoms with van der Waals surface area (Å²) in [5, 5.41) is 3.35. The number of piperazine rings is 1. The van der Waals surface area contributed by atoms with Gasteiger partial charge in [-0.05, 0) is 19.3 Å². The number of nitrogens with one attached hydrogen (secondary N) is 1. The molecule has 3 aliphatic rings. The van der Waals surface area contributed by atoms with Crippen molar-refractivity contribution in [2.24, 2.45) is 0 Å². The number of likely N-dealkylation sites (tertiary alicyclic amines) is 1. The summed E-state index contributed by atoms with van der Waals surface area (Å²) in [6.07, 6.45) is 3.54. The number of carbonyl (C=O) groups is 1. The molecule has 18 heavy (non-hydrogen) atoms. The van der Waals surface area contributed by atoms with Gasteiger partial charge in [-0.25, -0.2) is 4.79 Å². The molecule has 0 radical (unpaired) electrons. The normalized spacial score (nSPS) is 34.7. The van der Waals surface area contributed by atoms with Gasteiger partial charge in [0.05, 0.1) is 7.11 Å². The van der Waals surface area contributed by atoms with Crippen LogP contribution in [0.1, 0.15) is 19.3 Å². The number of nitrogens with zero attached hydrogens (tertiary/aromatic N) is 2. The molecule has 1 aliphatic carbocycles.